The zero-order valence-corrected chi connectivity index (χ0v) is 15.2. The number of para-hydroxylation sites is 1. The Bertz CT molecular complexity index is 683. The van der Waals surface area contributed by atoms with Gasteiger partial charge in [-0.05, 0) is 37.8 Å². The minimum absolute atomic E-state index is 0.546. The van der Waals surface area contributed by atoms with Crippen molar-refractivity contribution in [1.29, 1.82) is 0 Å². The van der Waals surface area contributed by atoms with E-state index in [2.05, 4.69) is 26.7 Å². The Morgan fingerprint density at radius 3 is 2.64 bits per heavy atom. The van der Waals surface area contributed by atoms with Crippen LogP contribution in [-0.2, 0) is 6.42 Å². The van der Waals surface area contributed by atoms with Crippen LogP contribution in [0, 0.1) is 6.92 Å². The molecule has 5 nitrogen and oxygen atoms in total. The van der Waals surface area contributed by atoms with Crippen molar-refractivity contribution >= 4 is 11.6 Å². The van der Waals surface area contributed by atoms with Crippen LogP contribution < -0.4 is 15.4 Å². The average molecular weight is 340 g/mol. The summed E-state index contributed by atoms with van der Waals surface area (Å²) < 4.78 is 5.41. The predicted molar refractivity (Wildman–Crippen MR) is 102 cm³/mol. The number of hydrogen-bond acceptors (Lipinski definition) is 5. The maximum Gasteiger partial charge on any atom is 0.132 e. The fourth-order valence-corrected chi connectivity index (χ4v) is 3.42. The second kappa shape index (κ2) is 8.70. The van der Waals surface area contributed by atoms with Crippen LogP contribution in [0.2, 0.25) is 0 Å². The molecule has 1 heterocycles. The average Bonchev–Trinajstić information content (AvgIpc) is 2.62. The van der Waals surface area contributed by atoms with Gasteiger partial charge in [0.2, 0.25) is 0 Å². The number of methoxy groups -OCH3 is 1. The molecule has 5 heteroatoms. The summed E-state index contributed by atoms with van der Waals surface area (Å²) in [4.78, 5) is 9.05. The van der Waals surface area contributed by atoms with E-state index < -0.39 is 0 Å². The van der Waals surface area contributed by atoms with E-state index in [9.17, 15) is 0 Å². The van der Waals surface area contributed by atoms with Crippen LogP contribution >= 0.6 is 0 Å². The molecule has 1 aliphatic rings. The second-order valence-electron chi connectivity index (χ2n) is 6.65. The molecule has 134 valence electrons. The van der Waals surface area contributed by atoms with Crippen LogP contribution in [0.5, 0.6) is 5.75 Å². The molecule has 0 atom stereocenters. The number of benzene rings is 1. The van der Waals surface area contributed by atoms with Crippen molar-refractivity contribution in [3.63, 3.8) is 0 Å². The number of nitrogens with one attached hydrogen (secondary N) is 2. The third-order valence-electron chi connectivity index (χ3n) is 4.69. The molecule has 1 fully saturated rings. The van der Waals surface area contributed by atoms with Gasteiger partial charge in [-0.2, -0.15) is 0 Å². The molecule has 1 saturated carbocycles. The van der Waals surface area contributed by atoms with E-state index in [0.717, 1.165) is 36.2 Å². The molecule has 0 amide bonds. The minimum atomic E-state index is 0.546. The summed E-state index contributed by atoms with van der Waals surface area (Å²) in [7, 11) is 1.71. The van der Waals surface area contributed by atoms with Gasteiger partial charge in [0.05, 0.1) is 7.11 Å². The van der Waals surface area contributed by atoms with Crippen molar-refractivity contribution < 1.29 is 4.74 Å². The lowest BCUT2D eigenvalue weighted by molar-refractivity contribution is 0.410. The van der Waals surface area contributed by atoms with Crippen molar-refractivity contribution in [2.24, 2.45) is 0 Å². The fourth-order valence-electron chi connectivity index (χ4n) is 3.42. The normalized spacial score (nSPS) is 15.0. The molecule has 0 saturated heterocycles. The highest BCUT2D eigenvalue weighted by atomic mass is 16.5. The van der Waals surface area contributed by atoms with E-state index >= 15 is 0 Å². The molecule has 0 spiro atoms. The van der Waals surface area contributed by atoms with Gasteiger partial charge in [0.25, 0.3) is 0 Å². The highest BCUT2D eigenvalue weighted by molar-refractivity contribution is 5.48. The van der Waals surface area contributed by atoms with Crippen molar-refractivity contribution in [1.82, 2.24) is 9.97 Å². The van der Waals surface area contributed by atoms with Gasteiger partial charge < -0.3 is 15.4 Å². The number of hydrogen-bond donors (Lipinski definition) is 2. The van der Waals surface area contributed by atoms with Gasteiger partial charge in [-0.15, -0.1) is 0 Å². The molecule has 1 aliphatic carbocycles. The number of ether oxygens (including phenoxy) is 1. The van der Waals surface area contributed by atoms with Gasteiger partial charge >= 0.3 is 0 Å². The summed E-state index contributed by atoms with van der Waals surface area (Å²) in [5.41, 5.74) is 1.20. The van der Waals surface area contributed by atoms with Gasteiger partial charge in [0.1, 0.15) is 23.2 Å². The van der Waals surface area contributed by atoms with E-state index in [1.807, 2.05) is 31.2 Å². The molecule has 0 aliphatic heterocycles. The Labute approximate surface area is 150 Å². The molecule has 25 heavy (non-hydrogen) atoms. The molecule has 1 aromatic heterocycles. The number of anilines is 2. The Balaban J connectivity index is 1.58. The van der Waals surface area contributed by atoms with E-state index in [-0.39, 0.29) is 0 Å². The van der Waals surface area contributed by atoms with Crippen LogP contribution in [0.25, 0.3) is 0 Å². The largest absolute Gasteiger partial charge is 0.496 e. The first kappa shape index (κ1) is 17.5. The molecular formula is C20H28N4O. The number of rotatable bonds is 7. The van der Waals surface area contributed by atoms with Crippen LogP contribution in [-0.4, -0.2) is 29.7 Å². The Kier molecular flexibility index (Phi) is 6.09. The standard InChI is InChI=1S/C20H28N4O/c1-15-22-19(14-20(23-15)24-17-9-4-3-5-10-17)21-13-12-16-8-6-7-11-18(16)25-2/h6-8,11,14,17H,3-5,9-10,12-13H2,1-2H3,(H2,21,22,23,24). The number of aromatic nitrogens is 2. The first-order valence-corrected chi connectivity index (χ1v) is 9.22. The maximum atomic E-state index is 5.41. The van der Waals surface area contributed by atoms with Crippen molar-refractivity contribution in [2.75, 3.05) is 24.3 Å². The fraction of sp³-hybridized carbons (Fsp3) is 0.500. The summed E-state index contributed by atoms with van der Waals surface area (Å²) in [6.07, 6.45) is 7.34. The highest BCUT2D eigenvalue weighted by Crippen LogP contribution is 2.22. The van der Waals surface area contributed by atoms with Crippen molar-refractivity contribution in [2.45, 2.75) is 51.5 Å². The Hall–Kier alpha value is -2.30. The SMILES string of the molecule is COc1ccccc1CCNc1cc(NC2CCCCC2)nc(C)n1. The van der Waals surface area contributed by atoms with Crippen molar-refractivity contribution in [3.8, 4) is 5.75 Å². The molecule has 0 radical (unpaired) electrons. The summed E-state index contributed by atoms with van der Waals surface area (Å²) in [5.74, 6) is 3.53. The number of aryl methyl sites for hydroxylation is 1. The van der Waals surface area contributed by atoms with Gasteiger partial charge in [0, 0.05) is 18.7 Å². The predicted octanol–water partition coefficient (Wildman–Crippen LogP) is 4.19. The molecule has 3 rings (SSSR count). The van der Waals surface area contributed by atoms with E-state index in [0.29, 0.717) is 6.04 Å². The lowest BCUT2D eigenvalue weighted by Gasteiger charge is -2.23. The Morgan fingerprint density at radius 2 is 1.84 bits per heavy atom. The van der Waals surface area contributed by atoms with Gasteiger partial charge in [-0.1, -0.05) is 37.5 Å². The third-order valence-corrected chi connectivity index (χ3v) is 4.69. The number of nitrogens with zero attached hydrogens (tertiary/aromatic N) is 2. The molecule has 0 unspecified atom stereocenters. The van der Waals surface area contributed by atoms with Crippen LogP contribution in [0.4, 0.5) is 11.6 Å². The minimum Gasteiger partial charge on any atom is -0.496 e. The van der Waals surface area contributed by atoms with Gasteiger partial charge in [0.15, 0.2) is 0 Å². The molecule has 0 bridgehead atoms. The van der Waals surface area contributed by atoms with E-state index in [1.54, 1.807) is 7.11 Å². The van der Waals surface area contributed by atoms with Crippen LogP contribution in [0.1, 0.15) is 43.5 Å². The smallest absolute Gasteiger partial charge is 0.132 e. The zero-order chi connectivity index (χ0) is 17.5. The molecule has 1 aromatic carbocycles. The van der Waals surface area contributed by atoms with Gasteiger partial charge in [-0.25, -0.2) is 9.97 Å². The molecule has 2 N–H and O–H groups in total. The second-order valence-corrected chi connectivity index (χ2v) is 6.65. The van der Waals surface area contributed by atoms with E-state index in [4.69, 9.17) is 4.74 Å². The summed E-state index contributed by atoms with van der Waals surface area (Å²) in [6, 6.07) is 10.7. The zero-order valence-electron chi connectivity index (χ0n) is 15.2. The highest BCUT2D eigenvalue weighted by Gasteiger charge is 2.14. The third kappa shape index (κ3) is 5.08. The lowest BCUT2D eigenvalue weighted by atomic mass is 9.95. The lowest BCUT2D eigenvalue weighted by Crippen LogP contribution is -2.23. The summed E-state index contributed by atoms with van der Waals surface area (Å²) in [6.45, 7) is 2.75. The van der Waals surface area contributed by atoms with Gasteiger partial charge in [-0.3, -0.25) is 0 Å². The van der Waals surface area contributed by atoms with Crippen LogP contribution in [0.15, 0.2) is 30.3 Å². The topological polar surface area (TPSA) is 59.1 Å². The first-order valence-electron chi connectivity index (χ1n) is 9.22. The maximum absolute atomic E-state index is 5.41. The quantitative estimate of drug-likeness (QED) is 0.791. The summed E-state index contributed by atoms with van der Waals surface area (Å²) >= 11 is 0. The summed E-state index contributed by atoms with van der Waals surface area (Å²) in [5, 5.41) is 6.99. The van der Waals surface area contributed by atoms with Crippen molar-refractivity contribution in [3.05, 3.63) is 41.7 Å². The molecule has 2 aromatic rings. The first-order chi connectivity index (χ1) is 12.2. The van der Waals surface area contributed by atoms with Crippen LogP contribution in [0.3, 0.4) is 0 Å². The monoisotopic (exact) mass is 340 g/mol. The molecular weight excluding hydrogens is 312 g/mol. The Morgan fingerprint density at radius 1 is 1.08 bits per heavy atom. The van der Waals surface area contributed by atoms with E-state index in [1.165, 1.54) is 37.7 Å².